The number of aromatic nitrogens is 1. The standard InChI is InChI=1S/C11H11N3O2S2/c12-8-1-2-10(11(7-8)18(13,15)16)17-9-3-5-14-6-4-9/h1-7H,12H2,(H2,13,15,16). The van der Waals surface area contributed by atoms with Crippen molar-refractivity contribution in [3.8, 4) is 0 Å². The van der Waals surface area contributed by atoms with Crippen LogP contribution in [0.3, 0.4) is 0 Å². The summed E-state index contributed by atoms with van der Waals surface area (Å²) in [6.45, 7) is 0. The van der Waals surface area contributed by atoms with Crippen molar-refractivity contribution in [3.63, 3.8) is 0 Å². The summed E-state index contributed by atoms with van der Waals surface area (Å²) in [4.78, 5) is 5.34. The van der Waals surface area contributed by atoms with Crippen molar-refractivity contribution >= 4 is 27.5 Å². The zero-order chi connectivity index (χ0) is 13.2. The average Bonchev–Trinajstić information content (AvgIpc) is 2.31. The van der Waals surface area contributed by atoms with Gasteiger partial charge in [0.2, 0.25) is 10.0 Å². The summed E-state index contributed by atoms with van der Waals surface area (Å²) in [7, 11) is -3.79. The molecule has 0 unspecified atom stereocenters. The molecule has 0 saturated carbocycles. The highest BCUT2D eigenvalue weighted by molar-refractivity contribution is 8.00. The van der Waals surface area contributed by atoms with Gasteiger partial charge in [-0.1, -0.05) is 11.8 Å². The molecule has 5 nitrogen and oxygen atoms in total. The summed E-state index contributed by atoms with van der Waals surface area (Å²) in [5.41, 5.74) is 5.94. The summed E-state index contributed by atoms with van der Waals surface area (Å²) >= 11 is 1.30. The smallest absolute Gasteiger partial charge is 0.239 e. The summed E-state index contributed by atoms with van der Waals surface area (Å²) in [5.74, 6) is 0. The van der Waals surface area contributed by atoms with Gasteiger partial charge in [-0.2, -0.15) is 0 Å². The number of anilines is 1. The number of rotatable bonds is 3. The fraction of sp³-hybridized carbons (Fsp3) is 0. The van der Waals surface area contributed by atoms with Crippen LogP contribution in [0.25, 0.3) is 0 Å². The van der Waals surface area contributed by atoms with Gasteiger partial charge in [-0.3, -0.25) is 4.98 Å². The molecule has 1 heterocycles. The Morgan fingerprint density at radius 1 is 1.11 bits per heavy atom. The number of nitrogens with zero attached hydrogens (tertiary/aromatic N) is 1. The van der Waals surface area contributed by atoms with Crippen LogP contribution in [0.2, 0.25) is 0 Å². The molecule has 0 aliphatic heterocycles. The molecular formula is C11H11N3O2S2. The Morgan fingerprint density at radius 2 is 1.78 bits per heavy atom. The second-order valence-corrected chi connectivity index (χ2v) is 6.18. The Morgan fingerprint density at radius 3 is 2.39 bits per heavy atom. The quantitative estimate of drug-likeness (QED) is 0.830. The van der Waals surface area contributed by atoms with E-state index < -0.39 is 10.0 Å². The lowest BCUT2D eigenvalue weighted by Crippen LogP contribution is -2.13. The minimum atomic E-state index is -3.79. The van der Waals surface area contributed by atoms with Crippen molar-refractivity contribution in [2.75, 3.05) is 5.73 Å². The molecule has 18 heavy (non-hydrogen) atoms. The van der Waals surface area contributed by atoms with E-state index in [1.165, 1.54) is 17.8 Å². The van der Waals surface area contributed by atoms with E-state index in [1.54, 1.807) is 36.7 Å². The fourth-order valence-corrected chi connectivity index (χ4v) is 3.29. The van der Waals surface area contributed by atoms with E-state index in [4.69, 9.17) is 10.9 Å². The minimum Gasteiger partial charge on any atom is -0.399 e. The molecule has 0 saturated heterocycles. The topological polar surface area (TPSA) is 99.1 Å². The molecule has 1 aromatic carbocycles. The lowest BCUT2D eigenvalue weighted by Gasteiger charge is -2.08. The Balaban J connectivity index is 2.46. The number of hydrogen-bond acceptors (Lipinski definition) is 5. The maximum Gasteiger partial charge on any atom is 0.239 e. The van der Waals surface area contributed by atoms with E-state index >= 15 is 0 Å². The van der Waals surface area contributed by atoms with Crippen LogP contribution in [-0.2, 0) is 10.0 Å². The van der Waals surface area contributed by atoms with Gasteiger partial charge in [-0.15, -0.1) is 0 Å². The molecule has 0 radical (unpaired) electrons. The maximum atomic E-state index is 11.5. The zero-order valence-corrected chi connectivity index (χ0v) is 10.9. The second-order valence-electron chi connectivity index (χ2n) is 3.54. The van der Waals surface area contributed by atoms with E-state index in [0.29, 0.717) is 10.6 Å². The van der Waals surface area contributed by atoms with E-state index in [9.17, 15) is 8.42 Å². The first-order chi connectivity index (χ1) is 8.47. The summed E-state index contributed by atoms with van der Waals surface area (Å²) in [5, 5.41) is 5.17. The highest BCUT2D eigenvalue weighted by Gasteiger charge is 2.15. The second kappa shape index (κ2) is 4.97. The minimum absolute atomic E-state index is 0.0318. The van der Waals surface area contributed by atoms with Crippen LogP contribution in [0.4, 0.5) is 5.69 Å². The molecule has 0 amide bonds. The predicted molar refractivity (Wildman–Crippen MR) is 70.6 cm³/mol. The maximum absolute atomic E-state index is 11.5. The van der Waals surface area contributed by atoms with Gasteiger partial charge >= 0.3 is 0 Å². The van der Waals surface area contributed by atoms with Crippen molar-refractivity contribution in [1.82, 2.24) is 4.98 Å². The lowest BCUT2D eigenvalue weighted by atomic mass is 10.3. The molecule has 94 valence electrons. The molecule has 0 fully saturated rings. The third-order valence-electron chi connectivity index (χ3n) is 2.15. The lowest BCUT2D eigenvalue weighted by molar-refractivity contribution is 0.596. The molecule has 1 aromatic heterocycles. The van der Waals surface area contributed by atoms with Crippen LogP contribution in [0.15, 0.2) is 57.4 Å². The first-order valence-corrected chi connectivity index (χ1v) is 7.33. The molecule has 7 heteroatoms. The molecule has 4 N–H and O–H groups in total. The van der Waals surface area contributed by atoms with Gasteiger partial charge in [0.25, 0.3) is 0 Å². The van der Waals surface area contributed by atoms with E-state index in [-0.39, 0.29) is 4.90 Å². The molecular weight excluding hydrogens is 270 g/mol. The Labute approximate surface area is 109 Å². The average molecular weight is 281 g/mol. The third-order valence-corrected chi connectivity index (χ3v) is 4.32. The number of hydrogen-bond donors (Lipinski definition) is 2. The van der Waals surface area contributed by atoms with Crippen LogP contribution in [-0.4, -0.2) is 13.4 Å². The number of nitrogens with two attached hydrogens (primary N) is 2. The molecule has 0 bridgehead atoms. The van der Waals surface area contributed by atoms with Crippen LogP contribution >= 0.6 is 11.8 Å². The van der Waals surface area contributed by atoms with Gasteiger partial charge < -0.3 is 5.73 Å². The van der Waals surface area contributed by atoms with Crippen molar-refractivity contribution < 1.29 is 8.42 Å². The molecule has 2 aromatic rings. The number of benzene rings is 1. The third kappa shape index (κ3) is 3.00. The van der Waals surface area contributed by atoms with E-state index in [1.807, 2.05) is 0 Å². The predicted octanol–water partition coefficient (Wildman–Crippen LogP) is 1.46. The molecule has 2 rings (SSSR count). The molecule has 0 aliphatic carbocycles. The molecule has 0 aliphatic rings. The van der Waals surface area contributed by atoms with Crippen molar-refractivity contribution in [2.45, 2.75) is 14.7 Å². The largest absolute Gasteiger partial charge is 0.399 e. The Kier molecular flexibility index (Phi) is 3.55. The highest BCUT2D eigenvalue weighted by Crippen LogP contribution is 2.33. The van der Waals surface area contributed by atoms with Gasteiger partial charge in [-0.05, 0) is 30.3 Å². The van der Waals surface area contributed by atoms with Crippen molar-refractivity contribution in [1.29, 1.82) is 0 Å². The van der Waals surface area contributed by atoms with Crippen LogP contribution in [0, 0.1) is 0 Å². The fourth-order valence-electron chi connectivity index (χ4n) is 1.36. The number of primary sulfonamides is 1. The summed E-state index contributed by atoms with van der Waals surface area (Å²) < 4.78 is 23.0. The molecule has 0 atom stereocenters. The van der Waals surface area contributed by atoms with Gasteiger partial charge in [-0.25, -0.2) is 13.6 Å². The summed E-state index contributed by atoms with van der Waals surface area (Å²) in [6.07, 6.45) is 3.27. The van der Waals surface area contributed by atoms with Gasteiger partial charge in [0.15, 0.2) is 0 Å². The SMILES string of the molecule is Nc1ccc(Sc2ccncc2)c(S(N)(=O)=O)c1. The zero-order valence-electron chi connectivity index (χ0n) is 9.28. The monoisotopic (exact) mass is 281 g/mol. The van der Waals surface area contributed by atoms with Crippen LogP contribution in [0.1, 0.15) is 0 Å². The summed E-state index contributed by atoms with van der Waals surface area (Å²) in [6, 6.07) is 8.21. The number of pyridine rings is 1. The first-order valence-electron chi connectivity index (χ1n) is 4.97. The van der Waals surface area contributed by atoms with Crippen molar-refractivity contribution in [2.24, 2.45) is 5.14 Å². The number of sulfonamides is 1. The van der Waals surface area contributed by atoms with Gasteiger partial charge in [0, 0.05) is 27.9 Å². The first kappa shape index (κ1) is 12.9. The van der Waals surface area contributed by atoms with Gasteiger partial charge in [0.05, 0.1) is 4.90 Å². The Bertz CT molecular complexity index is 657. The molecule has 0 spiro atoms. The van der Waals surface area contributed by atoms with Crippen LogP contribution < -0.4 is 10.9 Å². The Hall–Kier alpha value is -1.57. The van der Waals surface area contributed by atoms with E-state index in [0.717, 1.165) is 4.90 Å². The highest BCUT2D eigenvalue weighted by atomic mass is 32.2. The van der Waals surface area contributed by atoms with Crippen molar-refractivity contribution in [3.05, 3.63) is 42.7 Å². The number of nitrogen functional groups attached to an aromatic ring is 1. The van der Waals surface area contributed by atoms with Gasteiger partial charge in [0.1, 0.15) is 0 Å². The normalized spacial score (nSPS) is 11.4. The van der Waals surface area contributed by atoms with Crippen LogP contribution in [0.5, 0.6) is 0 Å². The van der Waals surface area contributed by atoms with E-state index in [2.05, 4.69) is 4.98 Å².